The van der Waals surface area contributed by atoms with Gasteiger partial charge in [0.1, 0.15) is 6.04 Å². The molecule has 3 aliphatic heterocycles. The van der Waals surface area contributed by atoms with Gasteiger partial charge in [0.05, 0.1) is 11.1 Å². The van der Waals surface area contributed by atoms with Crippen molar-refractivity contribution in [3.8, 4) is 0 Å². The van der Waals surface area contributed by atoms with Gasteiger partial charge in [-0.1, -0.05) is 36.4 Å². The standard InChI is InChI=1S/C26H28N4O4/c31-23-11-10-22(24(32)28-23)30-25(33)20-9-8-18(13-21(20)26(30)34)16-29(19-7-4-12-27-14-19)15-17-5-2-1-3-6-17/h1-3,5-6,8-9,13,19,22,27H,4,7,10-12,14-16H2,(H,28,31,32). The molecule has 2 N–H and O–H groups in total. The van der Waals surface area contributed by atoms with E-state index in [2.05, 4.69) is 27.7 Å². The molecule has 0 aliphatic carbocycles. The van der Waals surface area contributed by atoms with Crippen molar-refractivity contribution in [2.24, 2.45) is 0 Å². The van der Waals surface area contributed by atoms with Gasteiger partial charge in [-0.25, -0.2) is 0 Å². The monoisotopic (exact) mass is 460 g/mol. The lowest BCUT2D eigenvalue weighted by Crippen LogP contribution is -2.54. The van der Waals surface area contributed by atoms with E-state index < -0.39 is 23.8 Å². The van der Waals surface area contributed by atoms with Gasteiger partial charge < -0.3 is 5.32 Å². The van der Waals surface area contributed by atoms with E-state index >= 15 is 0 Å². The minimum atomic E-state index is -0.948. The summed E-state index contributed by atoms with van der Waals surface area (Å²) < 4.78 is 0. The highest BCUT2D eigenvalue weighted by Crippen LogP contribution is 2.29. The van der Waals surface area contributed by atoms with Gasteiger partial charge in [0.25, 0.3) is 11.8 Å². The number of rotatable bonds is 6. The van der Waals surface area contributed by atoms with E-state index in [0.717, 1.165) is 42.9 Å². The predicted molar refractivity (Wildman–Crippen MR) is 125 cm³/mol. The lowest BCUT2D eigenvalue weighted by Gasteiger charge is -2.35. The number of piperidine rings is 2. The minimum Gasteiger partial charge on any atom is -0.315 e. The number of benzene rings is 2. The van der Waals surface area contributed by atoms with Crippen LogP contribution < -0.4 is 10.6 Å². The highest BCUT2D eigenvalue weighted by Gasteiger charge is 2.44. The second kappa shape index (κ2) is 9.48. The van der Waals surface area contributed by atoms with Crippen molar-refractivity contribution >= 4 is 23.6 Å². The van der Waals surface area contributed by atoms with Crippen LogP contribution in [0.15, 0.2) is 48.5 Å². The Morgan fingerprint density at radius 2 is 1.65 bits per heavy atom. The van der Waals surface area contributed by atoms with Crippen LogP contribution in [0.4, 0.5) is 0 Å². The maximum atomic E-state index is 13.2. The molecule has 2 fully saturated rings. The van der Waals surface area contributed by atoms with Crippen molar-refractivity contribution < 1.29 is 19.2 Å². The number of nitrogens with one attached hydrogen (secondary N) is 2. The summed E-state index contributed by atoms with van der Waals surface area (Å²) in [5.41, 5.74) is 2.82. The number of fused-ring (bicyclic) bond motifs is 1. The molecule has 8 heteroatoms. The number of hydrogen-bond donors (Lipinski definition) is 2. The Hall–Kier alpha value is -3.36. The molecule has 176 valence electrons. The van der Waals surface area contributed by atoms with Crippen LogP contribution in [0.25, 0.3) is 0 Å². The fourth-order valence-corrected chi connectivity index (χ4v) is 5.13. The molecule has 0 aromatic heterocycles. The summed E-state index contributed by atoms with van der Waals surface area (Å²) in [4.78, 5) is 53.4. The van der Waals surface area contributed by atoms with Crippen molar-refractivity contribution in [2.45, 2.75) is 50.9 Å². The summed E-state index contributed by atoms with van der Waals surface area (Å²) >= 11 is 0. The molecule has 2 aromatic carbocycles. The summed E-state index contributed by atoms with van der Waals surface area (Å²) in [6, 6.07) is 15.1. The Bertz CT molecular complexity index is 1130. The van der Waals surface area contributed by atoms with Gasteiger partial charge in [-0.2, -0.15) is 0 Å². The van der Waals surface area contributed by atoms with Crippen LogP contribution in [0, 0.1) is 0 Å². The molecule has 0 spiro atoms. The zero-order valence-corrected chi connectivity index (χ0v) is 19.0. The zero-order valence-electron chi connectivity index (χ0n) is 19.0. The number of hydrogen-bond acceptors (Lipinski definition) is 6. The van der Waals surface area contributed by atoms with Crippen molar-refractivity contribution in [3.63, 3.8) is 0 Å². The Labute approximate surface area is 198 Å². The molecule has 0 bridgehead atoms. The predicted octanol–water partition coefficient (Wildman–Crippen LogP) is 1.84. The third-order valence-corrected chi connectivity index (χ3v) is 6.91. The third kappa shape index (κ3) is 4.38. The van der Waals surface area contributed by atoms with Crippen LogP contribution in [-0.2, 0) is 22.7 Å². The van der Waals surface area contributed by atoms with E-state index in [0.29, 0.717) is 23.7 Å². The highest BCUT2D eigenvalue weighted by atomic mass is 16.2. The van der Waals surface area contributed by atoms with E-state index in [4.69, 9.17) is 0 Å². The van der Waals surface area contributed by atoms with Gasteiger partial charge in [-0.05, 0) is 49.1 Å². The van der Waals surface area contributed by atoms with E-state index in [1.165, 1.54) is 5.56 Å². The summed E-state index contributed by atoms with van der Waals surface area (Å²) in [5.74, 6) is -1.91. The lowest BCUT2D eigenvalue weighted by atomic mass is 10.0. The van der Waals surface area contributed by atoms with E-state index in [9.17, 15) is 19.2 Å². The number of nitrogens with zero attached hydrogens (tertiary/aromatic N) is 2. The Morgan fingerprint density at radius 1 is 0.882 bits per heavy atom. The first kappa shape index (κ1) is 22.4. The topological polar surface area (TPSA) is 98.8 Å². The second-order valence-corrected chi connectivity index (χ2v) is 9.22. The van der Waals surface area contributed by atoms with E-state index in [-0.39, 0.29) is 18.7 Å². The van der Waals surface area contributed by atoms with Crippen LogP contribution in [0.1, 0.15) is 57.5 Å². The maximum absolute atomic E-state index is 13.2. The highest BCUT2D eigenvalue weighted by molar-refractivity contribution is 6.23. The fraction of sp³-hybridized carbons (Fsp3) is 0.385. The van der Waals surface area contributed by atoms with Crippen molar-refractivity contribution in [1.29, 1.82) is 0 Å². The van der Waals surface area contributed by atoms with Gasteiger partial charge in [0.2, 0.25) is 11.8 Å². The van der Waals surface area contributed by atoms with Gasteiger partial charge in [0.15, 0.2) is 0 Å². The van der Waals surface area contributed by atoms with Gasteiger partial charge in [0, 0.05) is 32.1 Å². The molecular weight excluding hydrogens is 432 g/mol. The molecule has 4 amide bonds. The number of amides is 4. The second-order valence-electron chi connectivity index (χ2n) is 9.22. The molecule has 34 heavy (non-hydrogen) atoms. The third-order valence-electron chi connectivity index (χ3n) is 6.91. The normalized spacial score (nSPS) is 22.8. The molecule has 3 aliphatic rings. The summed E-state index contributed by atoms with van der Waals surface area (Å²) in [6.45, 7) is 3.38. The molecule has 8 nitrogen and oxygen atoms in total. The molecule has 2 atom stereocenters. The van der Waals surface area contributed by atoms with Crippen molar-refractivity contribution in [2.75, 3.05) is 13.1 Å². The molecular formula is C26H28N4O4. The molecule has 2 saturated heterocycles. The molecule has 3 heterocycles. The van der Waals surface area contributed by atoms with Gasteiger partial charge >= 0.3 is 0 Å². The SMILES string of the molecule is O=C1CCC(N2C(=O)c3ccc(CN(Cc4ccccc4)C4CCCNC4)cc3C2=O)C(=O)N1. The molecule has 2 aromatic rings. The Balaban J connectivity index is 1.38. The largest absolute Gasteiger partial charge is 0.315 e. The van der Waals surface area contributed by atoms with Crippen molar-refractivity contribution in [1.82, 2.24) is 20.4 Å². The van der Waals surface area contributed by atoms with E-state index in [1.807, 2.05) is 24.3 Å². The van der Waals surface area contributed by atoms with Crippen LogP contribution in [0.5, 0.6) is 0 Å². The van der Waals surface area contributed by atoms with Gasteiger partial charge in [-0.3, -0.25) is 34.3 Å². The first-order chi connectivity index (χ1) is 16.5. The first-order valence-electron chi connectivity index (χ1n) is 11.8. The zero-order chi connectivity index (χ0) is 23.7. The Morgan fingerprint density at radius 3 is 2.38 bits per heavy atom. The summed E-state index contributed by atoms with van der Waals surface area (Å²) in [5, 5.41) is 5.72. The molecule has 5 rings (SSSR count). The quantitative estimate of drug-likeness (QED) is 0.639. The van der Waals surface area contributed by atoms with Crippen LogP contribution >= 0.6 is 0 Å². The Kier molecular flexibility index (Phi) is 6.26. The smallest absolute Gasteiger partial charge is 0.262 e. The number of imide groups is 2. The number of carbonyl (C=O) groups excluding carboxylic acids is 4. The maximum Gasteiger partial charge on any atom is 0.262 e. The first-order valence-corrected chi connectivity index (χ1v) is 11.8. The average Bonchev–Trinajstić information content (AvgIpc) is 3.09. The molecule has 0 saturated carbocycles. The lowest BCUT2D eigenvalue weighted by molar-refractivity contribution is -0.136. The molecule has 0 radical (unpaired) electrons. The summed E-state index contributed by atoms with van der Waals surface area (Å²) in [6.07, 6.45) is 2.49. The van der Waals surface area contributed by atoms with Crippen LogP contribution in [-0.4, -0.2) is 58.6 Å². The fourth-order valence-electron chi connectivity index (χ4n) is 5.13. The van der Waals surface area contributed by atoms with E-state index in [1.54, 1.807) is 12.1 Å². The summed E-state index contributed by atoms with van der Waals surface area (Å²) in [7, 11) is 0. The van der Waals surface area contributed by atoms with Crippen LogP contribution in [0.3, 0.4) is 0 Å². The minimum absolute atomic E-state index is 0.110. The number of carbonyl (C=O) groups is 4. The average molecular weight is 461 g/mol. The van der Waals surface area contributed by atoms with Crippen molar-refractivity contribution in [3.05, 3.63) is 70.8 Å². The van der Waals surface area contributed by atoms with Crippen LogP contribution in [0.2, 0.25) is 0 Å². The van der Waals surface area contributed by atoms with Gasteiger partial charge in [-0.15, -0.1) is 0 Å². The molecule has 2 unspecified atom stereocenters.